The van der Waals surface area contributed by atoms with Crippen LogP contribution in [0.15, 0.2) is 0 Å². The van der Waals surface area contributed by atoms with E-state index in [1.54, 1.807) is 0 Å². The average molecular weight is 343 g/mol. The molecule has 2 atom stereocenters. The monoisotopic (exact) mass is 342 g/mol. The van der Waals surface area contributed by atoms with E-state index in [-0.39, 0.29) is 0 Å². The van der Waals surface area contributed by atoms with Crippen LogP contribution in [0.5, 0.6) is 0 Å². The van der Waals surface area contributed by atoms with Crippen LogP contribution in [0, 0.1) is 10.8 Å². The predicted octanol–water partition coefficient (Wildman–Crippen LogP) is 4.21. The molecule has 0 aromatic heterocycles. The van der Waals surface area contributed by atoms with Gasteiger partial charge in [0.05, 0.1) is 26.4 Å². The molecule has 2 saturated heterocycles. The molecule has 0 aromatic carbocycles. The van der Waals surface area contributed by atoms with Crippen molar-refractivity contribution in [1.82, 2.24) is 0 Å². The average Bonchev–Trinajstić information content (AvgIpc) is 3.27. The highest BCUT2D eigenvalue weighted by Crippen LogP contribution is 2.33. The summed E-state index contributed by atoms with van der Waals surface area (Å²) in [5.41, 5.74) is 0.597. The minimum Gasteiger partial charge on any atom is -0.381 e. The van der Waals surface area contributed by atoms with Crippen LogP contribution in [-0.4, -0.2) is 52.9 Å². The van der Waals surface area contributed by atoms with Gasteiger partial charge in [0.2, 0.25) is 0 Å². The van der Waals surface area contributed by atoms with Crippen molar-refractivity contribution in [2.24, 2.45) is 10.8 Å². The first-order valence-corrected chi connectivity index (χ1v) is 10.1. The zero-order valence-electron chi connectivity index (χ0n) is 15.9. The minimum atomic E-state index is 0.299. The first-order chi connectivity index (χ1) is 11.7. The topological polar surface area (TPSA) is 36.9 Å². The number of ether oxygens (including phenoxy) is 4. The lowest BCUT2D eigenvalue weighted by Crippen LogP contribution is -2.27. The molecule has 0 bridgehead atoms. The Kier molecular flexibility index (Phi) is 9.02. The summed E-state index contributed by atoms with van der Waals surface area (Å²) < 4.78 is 22.9. The highest BCUT2D eigenvalue weighted by molar-refractivity contribution is 4.82. The van der Waals surface area contributed by atoms with E-state index < -0.39 is 0 Å². The molecule has 0 radical (unpaired) electrons. The Morgan fingerprint density at radius 3 is 1.50 bits per heavy atom. The Hall–Kier alpha value is -0.160. The van der Waals surface area contributed by atoms with E-state index in [1.807, 2.05) is 0 Å². The zero-order chi connectivity index (χ0) is 17.1. The summed E-state index contributed by atoms with van der Waals surface area (Å²) in [7, 11) is 0. The van der Waals surface area contributed by atoms with Crippen molar-refractivity contribution in [1.29, 1.82) is 0 Å². The Morgan fingerprint density at radius 2 is 1.17 bits per heavy atom. The molecule has 2 aliphatic heterocycles. The van der Waals surface area contributed by atoms with E-state index in [2.05, 4.69) is 13.8 Å². The first kappa shape index (κ1) is 20.2. The molecule has 0 amide bonds. The number of hydrogen-bond acceptors (Lipinski definition) is 4. The molecular formula is C20H38O4. The Bertz CT molecular complexity index is 288. The molecule has 0 aromatic rings. The van der Waals surface area contributed by atoms with Crippen LogP contribution in [0.2, 0.25) is 0 Å². The Morgan fingerprint density at radius 1 is 0.708 bits per heavy atom. The molecule has 0 saturated carbocycles. The molecule has 4 heteroatoms. The van der Waals surface area contributed by atoms with Gasteiger partial charge >= 0.3 is 0 Å². The highest BCUT2D eigenvalue weighted by atomic mass is 16.5. The zero-order valence-corrected chi connectivity index (χ0v) is 15.9. The van der Waals surface area contributed by atoms with Crippen LogP contribution in [0.25, 0.3) is 0 Å². The van der Waals surface area contributed by atoms with Gasteiger partial charge in [-0.05, 0) is 38.5 Å². The maximum absolute atomic E-state index is 5.91. The summed E-state index contributed by atoms with van der Waals surface area (Å²) in [6.45, 7) is 11.6. The van der Waals surface area contributed by atoms with Crippen LogP contribution in [0.1, 0.15) is 65.2 Å². The fraction of sp³-hybridized carbons (Fsp3) is 1.00. The molecule has 0 aliphatic carbocycles. The van der Waals surface area contributed by atoms with Crippen molar-refractivity contribution in [2.75, 3.05) is 52.9 Å². The summed E-state index contributed by atoms with van der Waals surface area (Å²) in [6, 6.07) is 0. The van der Waals surface area contributed by atoms with E-state index in [0.717, 1.165) is 91.4 Å². The second-order valence-electron chi connectivity index (χ2n) is 7.83. The fourth-order valence-corrected chi connectivity index (χ4v) is 3.63. The second kappa shape index (κ2) is 10.7. The van der Waals surface area contributed by atoms with E-state index in [0.29, 0.717) is 10.8 Å². The van der Waals surface area contributed by atoms with Gasteiger partial charge in [-0.15, -0.1) is 0 Å². The lowest BCUT2D eigenvalue weighted by atomic mass is 9.85. The molecule has 0 N–H and O–H groups in total. The normalized spacial score (nSPS) is 30.2. The smallest absolute Gasteiger partial charge is 0.0545 e. The van der Waals surface area contributed by atoms with Crippen molar-refractivity contribution in [3.63, 3.8) is 0 Å². The summed E-state index contributed by atoms with van der Waals surface area (Å²) >= 11 is 0. The summed E-state index contributed by atoms with van der Waals surface area (Å²) in [4.78, 5) is 0. The van der Waals surface area contributed by atoms with Gasteiger partial charge < -0.3 is 18.9 Å². The van der Waals surface area contributed by atoms with Gasteiger partial charge in [0.25, 0.3) is 0 Å². The molecule has 2 unspecified atom stereocenters. The van der Waals surface area contributed by atoms with Gasteiger partial charge in [-0.2, -0.15) is 0 Å². The summed E-state index contributed by atoms with van der Waals surface area (Å²) in [5.74, 6) is 0. The van der Waals surface area contributed by atoms with Gasteiger partial charge in [-0.1, -0.05) is 26.7 Å². The van der Waals surface area contributed by atoms with Gasteiger partial charge in [0.1, 0.15) is 0 Å². The first-order valence-electron chi connectivity index (χ1n) is 10.1. The van der Waals surface area contributed by atoms with Crippen LogP contribution in [0.3, 0.4) is 0 Å². The lowest BCUT2D eigenvalue weighted by molar-refractivity contribution is 0.0261. The van der Waals surface area contributed by atoms with E-state index in [1.165, 1.54) is 12.8 Å². The van der Waals surface area contributed by atoms with Crippen molar-refractivity contribution in [3.05, 3.63) is 0 Å². The second-order valence-corrected chi connectivity index (χ2v) is 7.83. The summed E-state index contributed by atoms with van der Waals surface area (Å²) in [6.07, 6.45) is 9.43. The van der Waals surface area contributed by atoms with Crippen LogP contribution >= 0.6 is 0 Å². The van der Waals surface area contributed by atoms with Gasteiger partial charge in [0, 0.05) is 37.3 Å². The van der Waals surface area contributed by atoms with E-state index in [9.17, 15) is 0 Å². The van der Waals surface area contributed by atoms with Crippen LogP contribution in [0.4, 0.5) is 0 Å². The number of rotatable bonds is 13. The minimum absolute atomic E-state index is 0.299. The fourth-order valence-electron chi connectivity index (χ4n) is 3.63. The van der Waals surface area contributed by atoms with E-state index >= 15 is 0 Å². The number of unbranched alkanes of at least 4 members (excludes halogenated alkanes) is 3. The molecule has 2 fully saturated rings. The van der Waals surface area contributed by atoms with Gasteiger partial charge in [-0.25, -0.2) is 0 Å². The summed E-state index contributed by atoms with van der Waals surface area (Å²) in [5, 5.41) is 0. The highest BCUT2D eigenvalue weighted by Gasteiger charge is 2.34. The maximum Gasteiger partial charge on any atom is 0.0545 e. The van der Waals surface area contributed by atoms with Crippen molar-refractivity contribution in [3.8, 4) is 0 Å². The van der Waals surface area contributed by atoms with Crippen molar-refractivity contribution >= 4 is 0 Å². The van der Waals surface area contributed by atoms with Crippen LogP contribution < -0.4 is 0 Å². The SMILES string of the molecule is CCC1(COCCCCCCOCC2(CC)CCOC2)CCOC1. The molecule has 2 rings (SSSR count). The van der Waals surface area contributed by atoms with Gasteiger partial charge in [-0.3, -0.25) is 0 Å². The maximum atomic E-state index is 5.91. The Balaban J connectivity index is 1.39. The van der Waals surface area contributed by atoms with Crippen molar-refractivity contribution < 1.29 is 18.9 Å². The van der Waals surface area contributed by atoms with Gasteiger partial charge in [0.15, 0.2) is 0 Å². The molecule has 2 heterocycles. The lowest BCUT2D eigenvalue weighted by Gasteiger charge is -2.25. The van der Waals surface area contributed by atoms with Crippen molar-refractivity contribution in [2.45, 2.75) is 65.2 Å². The molecule has 4 nitrogen and oxygen atoms in total. The third-order valence-corrected chi connectivity index (χ3v) is 6.01. The molecule has 24 heavy (non-hydrogen) atoms. The standard InChI is InChI=1S/C20H38O4/c1-3-19(9-13-23-17-19)15-21-11-7-5-6-8-12-22-16-20(4-2)10-14-24-18-20/h3-18H2,1-2H3. The molecule has 142 valence electrons. The molecule has 2 aliphatic rings. The number of hydrogen-bond donors (Lipinski definition) is 0. The van der Waals surface area contributed by atoms with E-state index in [4.69, 9.17) is 18.9 Å². The molecular weight excluding hydrogens is 304 g/mol. The predicted molar refractivity (Wildman–Crippen MR) is 96.4 cm³/mol. The molecule has 0 spiro atoms. The van der Waals surface area contributed by atoms with Crippen LogP contribution in [-0.2, 0) is 18.9 Å². The quantitative estimate of drug-likeness (QED) is 0.470. The largest absolute Gasteiger partial charge is 0.381 e. The Labute approximate surface area is 148 Å². The third kappa shape index (κ3) is 6.29. The third-order valence-electron chi connectivity index (χ3n) is 6.01.